The molecule has 278 valence electrons. The van der Waals surface area contributed by atoms with Crippen molar-refractivity contribution in [2.75, 3.05) is 26.2 Å². The molecule has 0 bridgehead atoms. The Morgan fingerprint density at radius 3 is 1.96 bits per heavy atom. The second-order valence-electron chi connectivity index (χ2n) is 15.9. The van der Waals surface area contributed by atoms with E-state index in [0.29, 0.717) is 19.3 Å². The van der Waals surface area contributed by atoms with Gasteiger partial charge in [0.25, 0.3) is 0 Å². The number of aliphatic hydroxyl groups excluding tert-OH is 2. The van der Waals surface area contributed by atoms with Gasteiger partial charge in [-0.1, -0.05) is 20.8 Å². The topological polar surface area (TPSA) is 220 Å². The van der Waals surface area contributed by atoms with Crippen LogP contribution in [0, 0.1) is 46.3 Å². The molecule has 4 fully saturated rings. The Kier molecular flexibility index (Phi) is 13.5. The van der Waals surface area contributed by atoms with Gasteiger partial charge in [0.15, 0.2) is 0 Å². The summed E-state index contributed by atoms with van der Waals surface area (Å²) in [5.41, 5.74) is 4.94. The lowest BCUT2D eigenvalue weighted by Gasteiger charge is -2.63. The van der Waals surface area contributed by atoms with Crippen LogP contribution < -0.4 is 27.0 Å². The zero-order chi connectivity index (χ0) is 35.9. The van der Waals surface area contributed by atoms with E-state index in [1.54, 1.807) is 0 Å². The number of aliphatic carboxylic acids is 1. The summed E-state index contributed by atoms with van der Waals surface area (Å²) < 4.78 is 0. The van der Waals surface area contributed by atoms with Gasteiger partial charge >= 0.3 is 5.97 Å². The molecule has 0 aromatic rings. The van der Waals surface area contributed by atoms with Gasteiger partial charge in [0.1, 0.15) is 0 Å². The van der Waals surface area contributed by atoms with Crippen LogP contribution in [0.1, 0.15) is 104 Å². The molecule has 4 amide bonds. The van der Waals surface area contributed by atoms with Crippen LogP contribution in [0.5, 0.6) is 0 Å². The Morgan fingerprint density at radius 2 is 1.37 bits per heavy atom. The Hall–Kier alpha value is -2.77. The molecule has 0 heterocycles. The molecule has 13 heteroatoms. The van der Waals surface area contributed by atoms with Crippen molar-refractivity contribution in [3.05, 3.63) is 0 Å². The standard InChI is InChI=1S/C36H61N5O8/c1-21(4-7-33(48)49)24-5-6-25-34-26(20-28(43)36(24,25)3)35(2)13-8-23(18-22(35)19-27(34)42)41-32(47)12-17-40-31(46)11-16-39-30(45)10-15-38-29(44)9-14-37/h21-28,34,42-43H,4-20,37H2,1-3H3,(H,38,44)(H,39,45)(H,40,46)(H,41,47)(H,48,49)/t21-,22+,23+,24-,25+,26+,27-,28+,34+,35+,36-/m1/s1. The fourth-order valence-electron chi connectivity index (χ4n) is 10.5. The molecule has 13 nitrogen and oxygen atoms in total. The van der Waals surface area contributed by atoms with Gasteiger partial charge in [-0.15, -0.1) is 0 Å². The summed E-state index contributed by atoms with van der Waals surface area (Å²) >= 11 is 0. The van der Waals surface area contributed by atoms with Gasteiger partial charge in [-0.25, -0.2) is 0 Å². The highest BCUT2D eigenvalue weighted by molar-refractivity contribution is 5.81. The predicted molar refractivity (Wildman–Crippen MR) is 183 cm³/mol. The second kappa shape index (κ2) is 17.0. The van der Waals surface area contributed by atoms with Gasteiger partial charge in [-0.3, -0.25) is 24.0 Å². The van der Waals surface area contributed by atoms with Crippen molar-refractivity contribution < 1.29 is 39.3 Å². The number of hydrogen-bond acceptors (Lipinski definition) is 8. The van der Waals surface area contributed by atoms with Crippen molar-refractivity contribution >= 4 is 29.6 Å². The van der Waals surface area contributed by atoms with Crippen molar-refractivity contribution in [1.29, 1.82) is 0 Å². The van der Waals surface area contributed by atoms with Crippen molar-refractivity contribution in [3.8, 4) is 0 Å². The highest BCUT2D eigenvalue weighted by Crippen LogP contribution is 2.68. The number of nitrogens with one attached hydrogen (secondary N) is 4. The van der Waals surface area contributed by atoms with Crippen molar-refractivity contribution in [1.82, 2.24) is 21.3 Å². The van der Waals surface area contributed by atoms with Crippen LogP contribution in [-0.4, -0.2) is 89.3 Å². The third-order valence-electron chi connectivity index (χ3n) is 13.1. The average Bonchev–Trinajstić information content (AvgIpc) is 3.39. The van der Waals surface area contributed by atoms with E-state index in [9.17, 15) is 39.3 Å². The zero-order valence-corrected chi connectivity index (χ0v) is 29.7. The maximum atomic E-state index is 12.8. The number of amides is 4. The normalized spacial score (nSPS) is 35.6. The molecule has 0 aromatic heterocycles. The van der Waals surface area contributed by atoms with E-state index in [2.05, 4.69) is 42.0 Å². The smallest absolute Gasteiger partial charge is 0.303 e. The lowest BCUT2D eigenvalue weighted by atomic mass is 9.43. The van der Waals surface area contributed by atoms with Crippen LogP contribution in [0.3, 0.4) is 0 Å². The molecule has 0 aromatic carbocycles. The summed E-state index contributed by atoms with van der Waals surface area (Å²) in [7, 11) is 0. The third-order valence-corrected chi connectivity index (χ3v) is 13.1. The first kappa shape index (κ1) is 39.0. The fraction of sp³-hybridized carbons (Fsp3) is 0.861. The average molecular weight is 692 g/mol. The number of carboxylic acid groups (broad SMARTS) is 1. The van der Waals surface area contributed by atoms with Gasteiger partial charge in [-0.05, 0) is 97.7 Å². The van der Waals surface area contributed by atoms with Gasteiger partial charge < -0.3 is 42.3 Å². The van der Waals surface area contributed by atoms with Crippen LogP contribution in [0.25, 0.3) is 0 Å². The maximum Gasteiger partial charge on any atom is 0.303 e. The number of aliphatic hydroxyl groups is 2. The van der Waals surface area contributed by atoms with E-state index < -0.39 is 18.2 Å². The first-order valence-corrected chi connectivity index (χ1v) is 18.6. The van der Waals surface area contributed by atoms with Crippen LogP contribution in [-0.2, 0) is 24.0 Å². The van der Waals surface area contributed by atoms with E-state index in [0.717, 1.165) is 32.1 Å². The number of rotatable bonds is 16. The second-order valence-corrected chi connectivity index (χ2v) is 15.9. The van der Waals surface area contributed by atoms with Crippen LogP contribution >= 0.6 is 0 Å². The fourth-order valence-corrected chi connectivity index (χ4v) is 10.5. The number of nitrogens with two attached hydrogens (primary N) is 1. The summed E-state index contributed by atoms with van der Waals surface area (Å²) in [6.45, 7) is 7.45. The minimum Gasteiger partial charge on any atom is -0.481 e. The van der Waals surface area contributed by atoms with Gasteiger partial charge in [-0.2, -0.15) is 0 Å². The third kappa shape index (κ3) is 9.13. The van der Waals surface area contributed by atoms with Crippen molar-refractivity contribution in [2.45, 2.75) is 122 Å². The minimum absolute atomic E-state index is 0.00921. The zero-order valence-electron chi connectivity index (χ0n) is 29.7. The summed E-state index contributed by atoms with van der Waals surface area (Å²) in [6.07, 6.45) is 6.08. The van der Waals surface area contributed by atoms with Crippen molar-refractivity contribution in [2.24, 2.45) is 52.1 Å². The maximum absolute atomic E-state index is 12.8. The first-order valence-electron chi connectivity index (χ1n) is 18.6. The number of hydrogen-bond donors (Lipinski definition) is 8. The molecular formula is C36H61N5O8. The molecule has 0 aliphatic heterocycles. The molecular weight excluding hydrogens is 630 g/mol. The number of carbonyl (C=O) groups is 5. The summed E-state index contributed by atoms with van der Waals surface area (Å²) in [4.78, 5) is 59.5. The number of carboxylic acids is 1. The van der Waals surface area contributed by atoms with E-state index in [-0.39, 0.29) is 134 Å². The summed E-state index contributed by atoms with van der Waals surface area (Å²) in [6, 6.07) is -0.00921. The largest absolute Gasteiger partial charge is 0.481 e. The number of fused-ring (bicyclic) bond motifs is 5. The minimum atomic E-state index is -0.786. The van der Waals surface area contributed by atoms with Crippen LogP contribution in [0.15, 0.2) is 0 Å². The van der Waals surface area contributed by atoms with Crippen LogP contribution in [0.2, 0.25) is 0 Å². The van der Waals surface area contributed by atoms with Gasteiger partial charge in [0, 0.05) is 64.3 Å². The summed E-state index contributed by atoms with van der Waals surface area (Å²) in [5.74, 6) is -0.490. The van der Waals surface area contributed by atoms with Crippen LogP contribution in [0.4, 0.5) is 0 Å². The molecule has 4 aliphatic carbocycles. The van der Waals surface area contributed by atoms with E-state index in [1.165, 1.54) is 0 Å². The first-order chi connectivity index (χ1) is 23.2. The molecule has 49 heavy (non-hydrogen) atoms. The molecule has 9 N–H and O–H groups in total. The quantitative estimate of drug-likeness (QED) is 0.117. The highest BCUT2D eigenvalue weighted by Gasteiger charge is 2.65. The highest BCUT2D eigenvalue weighted by atomic mass is 16.4. The molecule has 0 radical (unpaired) electrons. The Bertz CT molecular complexity index is 1200. The molecule has 4 aliphatic rings. The molecule has 0 unspecified atom stereocenters. The Balaban J connectivity index is 1.20. The Labute approximate surface area is 290 Å². The van der Waals surface area contributed by atoms with E-state index >= 15 is 0 Å². The molecule has 4 rings (SSSR count). The van der Waals surface area contributed by atoms with E-state index in [4.69, 9.17) is 5.73 Å². The monoisotopic (exact) mass is 691 g/mol. The van der Waals surface area contributed by atoms with Gasteiger partial charge in [0.05, 0.1) is 12.2 Å². The van der Waals surface area contributed by atoms with E-state index in [1.807, 2.05) is 0 Å². The lowest BCUT2D eigenvalue weighted by molar-refractivity contribution is -0.202. The molecule has 11 atom stereocenters. The number of carbonyl (C=O) groups excluding carboxylic acids is 4. The molecule has 0 saturated heterocycles. The van der Waals surface area contributed by atoms with Crippen molar-refractivity contribution in [3.63, 3.8) is 0 Å². The molecule has 4 saturated carbocycles. The summed E-state index contributed by atoms with van der Waals surface area (Å²) in [5, 5.41) is 43.8. The van der Waals surface area contributed by atoms with Gasteiger partial charge in [0.2, 0.25) is 23.6 Å². The SMILES string of the molecule is C[C@H](CCC(=O)O)[C@H]1CC[C@H]2[C@@H]3[C@H](O)C[C@@H]4C[C@@H](NC(=O)CCNC(=O)CCNC(=O)CCNC(=O)CCN)CC[C@]4(C)[C@H]3C[C@H](O)[C@]12C. The lowest BCUT2D eigenvalue weighted by Crippen LogP contribution is -2.63. The molecule has 0 spiro atoms. The Morgan fingerprint density at radius 1 is 0.776 bits per heavy atom. The predicted octanol–water partition coefficient (Wildman–Crippen LogP) is 1.44.